The molecule has 1 aliphatic heterocycles. The molecule has 1 N–H and O–H groups in total. The van der Waals surface area contributed by atoms with Gasteiger partial charge in [0.05, 0.1) is 37.2 Å². The number of rotatable bonds is 10. The second-order valence-corrected chi connectivity index (χ2v) is 9.22. The highest BCUT2D eigenvalue weighted by Gasteiger charge is 2.22. The van der Waals surface area contributed by atoms with Gasteiger partial charge in [-0.05, 0) is 13.0 Å². The van der Waals surface area contributed by atoms with Crippen LogP contribution >= 0.6 is 23.1 Å². The number of aromatic nitrogens is 1. The van der Waals surface area contributed by atoms with Crippen LogP contribution in [0.15, 0.2) is 27.9 Å². The van der Waals surface area contributed by atoms with E-state index in [0.29, 0.717) is 55.0 Å². The third-order valence-electron chi connectivity index (χ3n) is 4.65. The highest BCUT2D eigenvalue weighted by atomic mass is 32.2. The summed E-state index contributed by atoms with van der Waals surface area (Å²) in [4.78, 5) is 30.0. The summed E-state index contributed by atoms with van der Waals surface area (Å²) in [6, 6.07) is 3.58. The standard InChI is InChI=1S/C21H25F2N3O4S2/c1-2-29-20(28)8-16-12-31-21(25-16)32-13-19(27)24-9-17-11-26(5-6-30-17)10-14-3-4-15(22)7-18(14)23/h3-4,7,12,17H,2,5-6,8-11,13H2,1H3,(H,24,27). The van der Waals surface area contributed by atoms with Crippen molar-refractivity contribution in [2.45, 2.75) is 30.3 Å². The van der Waals surface area contributed by atoms with E-state index in [4.69, 9.17) is 9.47 Å². The van der Waals surface area contributed by atoms with E-state index in [9.17, 15) is 18.4 Å². The zero-order valence-corrected chi connectivity index (χ0v) is 19.3. The molecule has 1 fully saturated rings. The van der Waals surface area contributed by atoms with Crippen LogP contribution in [-0.2, 0) is 32.0 Å². The summed E-state index contributed by atoms with van der Waals surface area (Å²) < 4.78 is 38.3. The predicted molar refractivity (Wildman–Crippen MR) is 118 cm³/mol. The van der Waals surface area contributed by atoms with Gasteiger partial charge in [-0.1, -0.05) is 17.8 Å². The summed E-state index contributed by atoms with van der Waals surface area (Å²) in [5.74, 6) is -1.44. The zero-order chi connectivity index (χ0) is 22.9. The van der Waals surface area contributed by atoms with E-state index in [1.54, 1.807) is 12.3 Å². The van der Waals surface area contributed by atoms with Crippen molar-refractivity contribution in [1.82, 2.24) is 15.2 Å². The number of amides is 1. The predicted octanol–water partition coefficient (Wildman–Crippen LogP) is 2.64. The minimum absolute atomic E-state index is 0.119. The van der Waals surface area contributed by atoms with Gasteiger partial charge in [0.1, 0.15) is 11.6 Å². The van der Waals surface area contributed by atoms with Crippen molar-refractivity contribution in [3.8, 4) is 0 Å². The van der Waals surface area contributed by atoms with Crippen LogP contribution in [0.2, 0.25) is 0 Å². The number of esters is 1. The number of ether oxygens (including phenoxy) is 2. The van der Waals surface area contributed by atoms with Crippen molar-refractivity contribution in [2.24, 2.45) is 0 Å². The molecule has 2 heterocycles. The Balaban J connectivity index is 1.38. The van der Waals surface area contributed by atoms with Crippen molar-refractivity contribution in [3.05, 3.63) is 46.5 Å². The van der Waals surface area contributed by atoms with Crippen LogP contribution in [0.3, 0.4) is 0 Å². The van der Waals surface area contributed by atoms with Gasteiger partial charge < -0.3 is 14.8 Å². The Labute approximate surface area is 193 Å². The fraction of sp³-hybridized carbons (Fsp3) is 0.476. The Kier molecular flexibility index (Phi) is 9.39. The summed E-state index contributed by atoms with van der Waals surface area (Å²) in [6.07, 6.45) is -0.0914. The lowest BCUT2D eigenvalue weighted by atomic mass is 10.1. The molecule has 1 amide bonds. The Morgan fingerprint density at radius 1 is 1.41 bits per heavy atom. The molecule has 1 atom stereocenters. The van der Waals surface area contributed by atoms with E-state index in [0.717, 1.165) is 6.07 Å². The average Bonchev–Trinajstić information content (AvgIpc) is 3.20. The zero-order valence-electron chi connectivity index (χ0n) is 17.6. The summed E-state index contributed by atoms with van der Waals surface area (Å²) in [5, 5.41) is 4.63. The van der Waals surface area contributed by atoms with Crippen molar-refractivity contribution < 1.29 is 27.8 Å². The molecule has 0 radical (unpaired) electrons. The van der Waals surface area contributed by atoms with Gasteiger partial charge in [-0.2, -0.15) is 0 Å². The van der Waals surface area contributed by atoms with E-state index in [-0.39, 0.29) is 30.2 Å². The quantitative estimate of drug-likeness (QED) is 0.409. The minimum atomic E-state index is -0.598. The fourth-order valence-corrected chi connectivity index (χ4v) is 4.81. The monoisotopic (exact) mass is 485 g/mol. The number of thiazole rings is 1. The first-order valence-electron chi connectivity index (χ1n) is 10.2. The summed E-state index contributed by atoms with van der Waals surface area (Å²) in [5.41, 5.74) is 1.06. The lowest BCUT2D eigenvalue weighted by Gasteiger charge is -2.33. The van der Waals surface area contributed by atoms with E-state index in [1.807, 2.05) is 4.90 Å². The summed E-state index contributed by atoms with van der Waals surface area (Å²) in [6.45, 7) is 4.42. The average molecular weight is 486 g/mol. The maximum atomic E-state index is 13.9. The molecule has 1 unspecified atom stereocenters. The number of carbonyl (C=O) groups excluding carboxylic acids is 2. The van der Waals surface area contributed by atoms with Crippen molar-refractivity contribution in [2.75, 3.05) is 38.6 Å². The number of carbonyl (C=O) groups is 2. The van der Waals surface area contributed by atoms with Crippen LogP contribution in [0.1, 0.15) is 18.2 Å². The van der Waals surface area contributed by atoms with Crippen LogP contribution in [-0.4, -0.2) is 66.5 Å². The van der Waals surface area contributed by atoms with Gasteiger partial charge in [-0.3, -0.25) is 14.5 Å². The molecule has 1 aromatic carbocycles. The van der Waals surface area contributed by atoms with Crippen molar-refractivity contribution in [1.29, 1.82) is 0 Å². The largest absolute Gasteiger partial charge is 0.466 e. The number of thioether (sulfide) groups is 1. The maximum absolute atomic E-state index is 13.9. The number of nitrogens with zero attached hydrogens (tertiary/aromatic N) is 2. The summed E-state index contributed by atoms with van der Waals surface area (Å²) in [7, 11) is 0. The van der Waals surface area contributed by atoms with E-state index >= 15 is 0 Å². The molecule has 11 heteroatoms. The van der Waals surface area contributed by atoms with Gasteiger partial charge in [-0.15, -0.1) is 11.3 Å². The molecule has 2 aromatic rings. The molecule has 7 nitrogen and oxygen atoms in total. The molecule has 0 bridgehead atoms. The molecular weight excluding hydrogens is 460 g/mol. The minimum Gasteiger partial charge on any atom is -0.466 e. The molecule has 0 saturated carbocycles. The molecule has 1 saturated heterocycles. The second kappa shape index (κ2) is 12.2. The second-order valence-electron chi connectivity index (χ2n) is 7.14. The number of hydrogen-bond donors (Lipinski definition) is 1. The van der Waals surface area contributed by atoms with Gasteiger partial charge in [0, 0.05) is 43.2 Å². The topological polar surface area (TPSA) is 80.8 Å². The molecular formula is C21H25F2N3O4S2. The first kappa shape index (κ1) is 24.6. The number of hydrogen-bond acceptors (Lipinski definition) is 8. The van der Waals surface area contributed by atoms with Crippen LogP contribution in [0.5, 0.6) is 0 Å². The molecule has 0 spiro atoms. The van der Waals surface area contributed by atoms with Crippen molar-refractivity contribution >= 4 is 35.0 Å². The molecule has 174 valence electrons. The third-order valence-corrected chi connectivity index (χ3v) is 6.72. The Morgan fingerprint density at radius 3 is 3.03 bits per heavy atom. The normalized spacial score (nSPS) is 16.7. The fourth-order valence-electron chi connectivity index (χ4n) is 3.14. The molecule has 0 aliphatic carbocycles. The Hall–Kier alpha value is -2.08. The molecule has 1 aliphatic rings. The van der Waals surface area contributed by atoms with E-state index in [1.165, 1.54) is 35.2 Å². The van der Waals surface area contributed by atoms with Crippen molar-refractivity contribution in [3.63, 3.8) is 0 Å². The van der Waals surface area contributed by atoms with Gasteiger partial charge in [0.2, 0.25) is 5.91 Å². The number of morpholine rings is 1. The van der Waals surface area contributed by atoms with Gasteiger partial charge in [0.25, 0.3) is 0 Å². The first-order valence-corrected chi connectivity index (χ1v) is 12.1. The van der Waals surface area contributed by atoms with Crippen LogP contribution in [0, 0.1) is 11.6 Å². The number of benzene rings is 1. The molecule has 3 rings (SSSR count). The highest BCUT2D eigenvalue weighted by molar-refractivity contribution is 8.01. The number of nitrogens with one attached hydrogen (secondary N) is 1. The van der Waals surface area contributed by atoms with E-state index in [2.05, 4.69) is 10.3 Å². The third kappa shape index (κ3) is 7.80. The van der Waals surface area contributed by atoms with Crippen LogP contribution in [0.25, 0.3) is 0 Å². The van der Waals surface area contributed by atoms with Gasteiger partial charge >= 0.3 is 5.97 Å². The Morgan fingerprint density at radius 2 is 2.25 bits per heavy atom. The summed E-state index contributed by atoms with van der Waals surface area (Å²) >= 11 is 2.68. The first-order chi connectivity index (χ1) is 15.4. The van der Waals surface area contributed by atoms with Gasteiger partial charge in [0.15, 0.2) is 4.34 Å². The number of halogens is 2. The lowest BCUT2D eigenvalue weighted by molar-refractivity contribution is -0.142. The maximum Gasteiger partial charge on any atom is 0.311 e. The van der Waals surface area contributed by atoms with E-state index < -0.39 is 11.6 Å². The SMILES string of the molecule is CCOC(=O)Cc1csc(SCC(=O)NCC2CN(Cc3ccc(F)cc3F)CCO2)n1. The smallest absolute Gasteiger partial charge is 0.311 e. The van der Waals surface area contributed by atoms with Crippen LogP contribution < -0.4 is 5.32 Å². The van der Waals surface area contributed by atoms with Crippen LogP contribution in [0.4, 0.5) is 8.78 Å². The highest BCUT2D eigenvalue weighted by Crippen LogP contribution is 2.23. The molecule has 32 heavy (non-hydrogen) atoms. The Bertz CT molecular complexity index is 928. The lowest BCUT2D eigenvalue weighted by Crippen LogP contribution is -2.47. The molecule has 1 aromatic heterocycles. The van der Waals surface area contributed by atoms with Gasteiger partial charge in [-0.25, -0.2) is 13.8 Å².